The summed E-state index contributed by atoms with van der Waals surface area (Å²) in [5, 5.41) is 15.3. The Morgan fingerprint density at radius 2 is 1.93 bits per heavy atom. The molecule has 0 spiro atoms. The van der Waals surface area contributed by atoms with Gasteiger partial charge in [-0.25, -0.2) is 8.42 Å². The third kappa shape index (κ3) is 5.19. The van der Waals surface area contributed by atoms with E-state index in [0.29, 0.717) is 5.75 Å². The summed E-state index contributed by atoms with van der Waals surface area (Å²) in [6.07, 6.45) is 1.62. The van der Waals surface area contributed by atoms with Crippen molar-refractivity contribution in [2.75, 3.05) is 17.3 Å². The lowest BCUT2D eigenvalue weighted by molar-refractivity contribution is -0.385. The standard InChI is InChI=1S/C18H22N4O5S/c1-4-7-13(2)19-20-16-11-10-14(22(23)24)12-18(16)28(25,26)21-15-8-5-6-9-17(15)27-3/h5-6,8-12,20-21H,4,7H2,1-3H3/b19-13-. The van der Waals surface area contributed by atoms with E-state index >= 15 is 0 Å². The summed E-state index contributed by atoms with van der Waals surface area (Å²) in [7, 11) is -2.74. The molecule has 2 aromatic carbocycles. The molecule has 0 atom stereocenters. The van der Waals surface area contributed by atoms with Gasteiger partial charge in [-0.15, -0.1) is 0 Å². The van der Waals surface area contributed by atoms with Gasteiger partial charge in [-0.05, 0) is 31.5 Å². The number of benzene rings is 2. The molecular formula is C18H22N4O5S. The first-order chi connectivity index (χ1) is 13.3. The first-order valence-electron chi connectivity index (χ1n) is 8.52. The predicted molar refractivity (Wildman–Crippen MR) is 109 cm³/mol. The topological polar surface area (TPSA) is 123 Å². The first-order valence-corrected chi connectivity index (χ1v) is 10.00. The van der Waals surface area contributed by atoms with Crippen LogP contribution in [0.2, 0.25) is 0 Å². The number of rotatable bonds is 9. The number of hydrazone groups is 1. The molecule has 10 heteroatoms. The van der Waals surface area contributed by atoms with E-state index in [0.717, 1.165) is 24.6 Å². The van der Waals surface area contributed by atoms with Crippen LogP contribution in [-0.4, -0.2) is 26.2 Å². The minimum absolute atomic E-state index is 0.128. The number of nitro groups is 1. The lowest BCUT2D eigenvalue weighted by atomic mass is 10.2. The number of hydrogen-bond acceptors (Lipinski definition) is 7. The fraction of sp³-hybridized carbons (Fsp3) is 0.278. The second kappa shape index (κ2) is 9.18. The Kier molecular flexibility index (Phi) is 6.94. The maximum atomic E-state index is 13.0. The summed E-state index contributed by atoms with van der Waals surface area (Å²) >= 11 is 0. The van der Waals surface area contributed by atoms with Gasteiger partial charge in [0.25, 0.3) is 15.7 Å². The van der Waals surface area contributed by atoms with E-state index in [-0.39, 0.29) is 22.0 Å². The van der Waals surface area contributed by atoms with Crippen LogP contribution in [0.5, 0.6) is 5.75 Å². The van der Waals surface area contributed by atoms with E-state index in [1.165, 1.54) is 25.3 Å². The van der Waals surface area contributed by atoms with Crippen molar-refractivity contribution in [1.29, 1.82) is 0 Å². The van der Waals surface area contributed by atoms with E-state index in [4.69, 9.17) is 4.74 Å². The maximum Gasteiger partial charge on any atom is 0.270 e. The van der Waals surface area contributed by atoms with Crippen LogP contribution >= 0.6 is 0 Å². The quantitative estimate of drug-likeness (QED) is 0.369. The van der Waals surface area contributed by atoms with Crippen LogP contribution in [0.1, 0.15) is 26.7 Å². The lowest BCUT2D eigenvalue weighted by Gasteiger charge is -2.14. The molecule has 0 amide bonds. The number of nitrogens with one attached hydrogen (secondary N) is 2. The van der Waals surface area contributed by atoms with Crippen molar-refractivity contribution in [2.24, 2.45) is 5.10 Å². The van der Waals surface area contributed by atoms with Crippen LogP contribution in [0.3, 0.4) is 0 Å². The minimum Gasteiger partial charge on any atom is -0.495 e. The molecule has 2 rings (SSSR count). The van der Waals surface area contributed by atoms with Crippen LogP contribution in [0, 0.1) is 10.1 Å². The number of nitrogens with zero attached hydrogens (tertiary/aromatic N) is 2. The number of sulfonamides is 1. The molecule has 0 saturated carbocycles. The van der Waals surface area contributed by atoms with Crippen LogP contribution in [0.4, 0.5) is 17.1 Å². The Balaban J connectivity index is 2.48. The van der Waals surface area contributed by atoms with Crippen molar-refractivity contribution < 1.29 is 18.1 Å². The van der Waals surface area contributed by atoms with Gasteiger partial charge in [0.1, 0.15) is 10.6 Å². The molecule has 0 heterocycles. The number of methoxy groups -OCH3 is 1. The summed E-state index contributed by atoms with van der Waals surface area (Å²) in [5.41, 5.74) is 3.48. The van der Waals surface area contributed by atoms with Crippen LogP contribution in [0.15, 0.2) is 52.5 Å². The van der Waals surface area contributed by atoms with E-state index < -0.39 is 14.9 Å². The zero-order valence-corrected chi connectivity index (χ0v) is 16.6. The molecule has 0 bridgehead atoms. The van der Waals surface area contributed by atoms with Gasteiger partial charge in [-0.1, -0.05) is 25.5 Å². The third-order valence-electron chi connectivity index (χ3n) is 3.80. The predicted octanol–water partition coefficient (Wildman–Crippen LogP) is 3.99. The highest BCUT2D eigenvalue weighted by atomic mass is 32.2. The summed E-state index contributed by atoms with van der Waals surface area (Å²) in [6.45, 7) is 3.81. The average molecular weight is 406 g/mol. The van der Waals surface area contributed by atoms with Crippen LogP contribution < -0.4 is 14.9 Å². The van der Waals surface area contributed by atoms with Gasteiger partial charge in [0.05, 0.1) is 23.4 Å². The molecule has 2 N–H and O–H groups in total. The van der Waals surface area contributed by atoms with Gasteiger partial charge >= 0.3 is 0 Å². The number of ether oxygens (including phenoxy) is 1. The molecule has 2 aromatic rings. The Morgan fingerprint density at radius 1 is 1.21 bits per heavy atom. The number of anilines is 2. The van der Waals surface area contributed by atoms with E-state index in [9.17, 15) is 18.5 Å². The fourth-order valence-corrected chi connectivity index (χ4v) is 3.69. The molecule has 28 heavy (non-hydrogen) atoms. The Labute approximate surface area is 163 Å². The lowest BCUT2D eigenvalue weighted by Crippen LogP contribution is -2.16. The zero-order chi connectivity index (χ0) is 20.7. The van der Waals surface area contributed by atoms with Crippen LogP contribution in [0.25, 0.3) is 0 Å². The van der Waals surface area contributed by atoms with Crippen molar-refractivity contribution in [2.45, 2.75) is 31.6 Å². The minimum atomic E-state index is -4.16. The molecule has 0 aromatic heterocycles. The van der Waals surface area contributed by atoms with Crippen molar-refractivity contribution in [3.05, 3.63) is 52.6 Å². The molecule has 0 unspecified atom stereocenters. The second-order valence-electron chi connectivity index (χ2n) is 5.95. The normalized spacial score (nSPS) is 11.8. The summed E-state index contributed by atoms with van der Waals surface area (Å²) in [4.78, 5) is 10.2. The highest BCUT2D eigenvalue weighted by Gasteiger charge is 2.23. The van der Waals surface area contributed by atoms with Gasteiger partial charge in [0.15, 0.2) is 0 Å². The first kappa shape index (κ1) is 21.2. The van der Waals surface area contributed by atoms with Crippen molar-refractivity contribution in [3.8, 4) is 5.75 Å². The molecule has 0 aliphatic carbocycles. The number of nitro benzene ring substituents is 1. The molecule has 0 aliphatic rings. The highest BCUT2D eigenvalue weighted by Crippen LogP contribution is 2.31. The van der Waals surface area contributed by atoms with Gasteiger partial charge in [0, 0.05) is 17.8 Å². The molecule has 0 aliphatic heterocycles. The highest BCUT2D eigenvalue weighted by molar-refractivity contribution is 7.93. The SMILES string of the molecule is CCC/C(C)=N\Nc1ccc([N+](=O)[O-])cc1S(=O)(=O)Nc1ccccc1OC. The maximum absolute atomic E-state index is 13.0. The fourth-order valence-electron chi connectivity index (χ4n) is 2.44. The van der Waals surface area contributed by atoms with Gasteiger partial charge in [0.2, 0.25) is 0 Å². The van der Waals surface area contributed by atoms with Gasteiger partial charge in [-0.3, -0.25) is 20.3 Å². The van der Waals surface area contributed by atoms with E-state index in [1.807, 2.05) is 13.8 Å². The molecular weight excluding hydrogens is 384 g/mol. The second-order valence-corrected chi connectivity index (χ2v) is 7.60. The van der Waals surface area contributed by atoms with Crippen LogP contribution in [-0.2, 0) is 10.0 Å². The van der Waals surface area contributed by atoms with Gasteiger partial charge < -0.3 is 4.74 Å². The average Bonchev–Trinajstić information content (AvgIpc) is 2.66. The summed E-state index contributed by atoms with van der Waals surface area (Å²) in [5.74, 6) is 0.322. The summed E-state index contributed by atoms with van der Waals surface area (Å²) < 4.78 is 33.5. The zero-order valence-electron chi connectivity index (χ0n) is 15.8. The van der Waals surface area contributed by atoms with Crippen molar-refractivity contribution in [1.82, 2.24) is 0 Å². The Bertz CT molecular complexity index is 989. The van der Waals surface area contributed by atoms with E-state index in [2.05, 4.69) is 15.2 Å². The largest absolute Gasteiger partial charge is 0.495 e. The smallest absolute Gasteiger partial charge is 0.270 e. The Morgan fingerprint density at radius 3 is 2.57 bits per heavy atom. The molecule has 150 valence electrons. The molecule has 0 radical (unpaired) electrons. The van der Waals surface area contributed by atoms with Crippen molar-refractivity contribution in [3.63, 3.8) is 0 Å². The number of hydrogen-bond donors (Lipinski definition) is 2. The monoisotopic (exact) mass is 406 g/mol. The molecule has 0 fully saturated rings. The van der Waals surface area contributed by atoms with E-state index in [1.54, 1.807) is 18.2 Å². The summed E-state index contributed by atoms with van der Waals surface area (Å²) in [6, 6.07) is 10.00. The number of para-hydroxylation sites is 2. The molecule has 0 saturated heterocycles. The third-order valence-corrected chi connectivity index (χ3v) is 5.20. The molecule has 9 nitrogen and oxygen atoms in total. The van der Waals surface area contributed by atoms with Gasteiger partial charge in [-0.2, -0.15) is 5.10 Å². The number of non-ortho nitro benzene ring substituents is 1. The Hall–Kier alpha value is -3.14. The van der Waals surface area contributed by atoms with Crippen molar-refractivity contribution >= 4 is 32.8 Å².